The smallest absolute Gasteiger partial charge is 0.323 e. The maximum Gasteiger partial charge on any atom is 0.323 e. The molecule has 6 nitrogen and oxygen atoms in total. The molecule has 152 valence electrons. The van der Waals surface area contributed by atoms with E-state index in [2.05, 4.69) is 26.6 Å². The maximum atomic E-state index is 12.5. The quantitative estimate of drug-likeness (QED) is 0.499. The Bertz CT molecular complexity index is 1110. The van der Waals surface area contributed by atoms with Gasteiger partial charge in [0.15, 0.2) is 6.61 Å². The number of fused-ring (bicyclic) bond motifs is 1. The predicted octanol–water partition coefficient (Wildman–Crippen LogP) is 5.67. The molecule has 0 saturated heterocycles. The highest BCUT2D eigenvalue weighted by atomic mass is 79.9. The standard InChI is InChI=1S/C22H17BrClN3O3/c23-15-6-4-14(5-7-15)12-27-19-11-18(8-9-20(19)30-13-21(27)28)26-22(29)25-17-3-1-2-16(24)10-17/h1-11H,12-13H2,(H2,25,26,29). The summed E-state index contributed by atoms with van der Waals surface area (Å²) >= 11 is 9.36. The molecule has 0 spiro atoms. The number of anilines is 3. The molecule has 0 radical (unpaired) electrons. The molecule has 4 rings (SSSR count). The van der Waals surface area contributed by atoms with E-state index in [1.807, 2.05) is 24.3 Å². The van der Waals surface area contributed by atoms with Crippen LogP contribution < -0.4 is 20.3 Å². The molecule has 0 unspecified atom stereocenters. The van der Waals surface area contributed by atoms with Crippen LogP contribution in [0.5, 0.6) is 5.75 Å². The molecule has 30 heavy (non-hydrogen) atoms. The summed E-state index contributed by atoms with van der Waals surface area (Å²) < 4.78 is 6.52. The van der Waals surface area contributed by atoms with Gasteiger partial charge in [0.2, 0.25) is 0 Å². The van der Waals surface area contributed by atoms with E-state index in [1.165, 1.54) is 0 Å². The van der Waals surface area contributed by atoms with Gasteiger partial charge in [-0.3, -0.25) is 4.79 Å². The number of ether oxygens (including phenoxy) is 1. The number of hydrogen-bond donors (Lipinski definition) is 2. The molecule has 0 saturated carbocycles. The average molecular weight is 487 g/mol. The van der Waals surface area contributed by atoms with Gasteiger partial charge in [0.05, 0.1) is 12.2 Å². The fraction of sp³-hybridized carbons (Fsp3) is 0.0909. The fourth-order valence-electron chi connectivity index (χ4n) is 3.09. The summed E-state index contributed by atoms with van der Waals surface area (Å²) in [6.45, 7) is 0.381. The number of nitrogens with zero attached hydrogens (tertiary/aromatic N) is 1. The number of nitrogens with one attached hydrogen (secondary N) is 2. The van der Waals surface area contributed by atoms with E-state index in [9.17, 15) is 9.59 Å². The van der Waals surface area contributed by atoms with Crippen LogP contribution >= 0.6 is 27.5 Å². The number of benzene rings is 3. The first-order valence-corrected chi connectivity index (χ1v) is 10.3. The van der Waals surface area contributed by atoms with Crippen LogP contribution in [0.4, 0.5) is 21.9 Å². The van der Waals surface area contributed by atoms with Crippen LogP contribution in [0.3, 0.4) is 0 Å². The van der Waals surface area contributed by atoms with Crippen LogP contribution in [-0.2, 0) is 11.3 Å². The van der Waals surface area contributed by atoms with Gasteiger partial charge >= 0.3 is 6.03 Å². The molecule has 1 aliphatic rings. The van der Waals surface area contributed by atoms with Gasteiger partial charge in [0.1, 0.15) is 5.75 Å². The second-order valence-corrected chi connectivity index (χ2v) is 8.02. The van der Waals surface area contributed by atoms with Crippen molar-refractivity contribution in [2.24, 2.45) is 0 Å². The van der Waals surface area contributed by atoms with Gasteiger partial charge < -0.3 is 20.3 Å². The summed E-state index contributed by atoms with van der Waals surface area (Å²) in [4.78, 5) is 26.5. The summed E-state index contributed by atoms with van der Waals surface area (Å²) in [6.07, 6.45) is 0. The van der Waals surface area contributed by atoms with E-state index in [1.54, 1.807) is 47.4 Å². The van der Waals surface area contributed by atoms with Crippen molar-refractivity contribution in [2.75, 3.05) is 22.1 Å². The van der Waals surface area contributed by atoms with Crippen molar-refractivity contribution in [2.45, 2.75) is 6.54 Å². The van der Waals surface area contributed by atoms with Crippen LogP contribution in [0.25, 0.3) is 0 Å². The predicted molar refractivity (Wildman–Crippen MR) is 121 cm³/mol. The summed E-state index contributed by atoms with van der Waals surface area (Å²) in [5, 5.41) is 6.03. The molecule has 2 N–H and O–H groups in total. The number of amides is 3. The SMILES string of the molecule is O=C(Nc1cccc(Cl)c1)Nc1ccc2c(c1)N(Cc1ccc(Br)cc1)C(=O)CO2. The summed E-state index contributed by atoms with van der Waals surface area (Å²) in [5.74, 6) is 0.443. The highest BCUT2D eigenvalue weighted by Gasteiger charge is 2.26. The minimum absolute atomic E-state index is 0.0223. The van der Waals surface area contributed by atoms with Gasteiger partial charge in [-0.25, -0.2) is 4.79 Å². The van der Waals surface area contributed by atoms with Crippen LogP contribution in [0.2, 0.25) is 5.02 Å². The second-order valence-electron chi connectivity index (χ2n) is 6.67. The number of rotatable bonds is 4. The molecular formula is C22H17BrClN3O3. The van der Waals surface area contributed by atoms with Crippen molar-refractivity contribution in [3.05, 3.63) is 81.8 Å². The van der Waals surface area contributed by atoms with Crippen molar-refractivity contribution in [1.82, 2.24) is 0 Å². The minimum Gasteiger partial charge on any atom is -0.482 e. The Hall–Kier alpha value is -3.03. The van der Waals surface area contributed by atoms with Crippen molar-refractivity contribution >= 4 is 56.5 Å². The molecule has 0 atom stereocenters. The monoisotopic (exact) mass is 485 g/mol. The second kappa shape index (κ2) is 8.77. The zero-order valence-electron chi connectivity index (χ0n) is 15.7. The Morgan fingerprint density at radius 3 is 2.50 bits per heavy atom. The molecule has 1 heterocycles. The van der Waals surface area contributed by atoms with E-state index in [-0.39, 0.29) is 12.5 Å². The Morgan fingerprint density at radius 1 is 1.03 bits per heavy atom. The van der Waals surface area contributed by atoms with E-state index in [4.69, 9.17) is 16.3 Å². The Labute approximate surface area is 186 Å². The van der Waals surface area contributed by atoms with Crippen LogP contribution in [0.15, 0.2) is 71.2 Å². The summed E-state index contributed by atoms with van der Waals surface area (Å²) in [5.41, 5.74) is 2.70. The van der Waals surface area contributed by atoms with Crippen molar-refractivity contribution in [3.63, 3.8) is 0 Å². The maximum absolute atomic E-state index is 12.5. The lowest BCUT2D eigenvalue weighted by atomic mass is 10.1. The Morgan fingerprint density at radius 2 is 1.77 bits per heavy atom. The third kappa shape index (κ3) is 4.75. The highest BCUT2D eigenvalue weighted by molar-refractivity contribution is 9.10. The van der Waals surface area contributed by atoms with E-state index >= 15 is 0 Å². The summed E-state index contributed by atoms with van der Waals surface area (Å²) in [6, 6.07) is 19.4. The largest absolute Gasteiger partial charge is 0.482 e. The zero-order valence-corrected chi connectivity index (χ0v) is 18.0. The average Bonchev–Trinajstić information content (AvgIpc) is 2.71. The van der Waals surface area contributed by atoms with Gasteiger partial charge in [0, 0.05) is 20.9 Å². The first-order valence-electron chi connectivity index (χ1n) is 9.13. The molecule has 3 aromatic carbocycles. The number of carbonyl (C=O) groups is 2. The van der Waals surface area contributed by atoms with Crippen LogP contribution in [-0.4, -0.2) is 18.5 Å². The van der Waals surface area contributed by atoms with Gasteiger partial charge in [-0.05, 0) is 54.1 Å². The lowest BCUT2D eigenvalue weighted by molar-refractivity contribution is -0.121. The Kier molecular flexibility index (Phi) is 5.92. The summed E-state index contributed by atoms with van der Waals surface area (Å²) in [7, 11) is 0. The fourth-order valence-corrected chi connectivity index (χ4v) is 3.54. The van der Waals surface area contributed by atoms with Gasteiger partial charge in [0.25, 0.3) is 5.91 Å². The zero-order chi connectivity index (χ0) is 21.1. The third-order valence-corrected chi connectivity index (χ3v) is 5.26. The number of carbonyl (C=O) groups excluding carboxylic acids is 2. The van der Waals surface area contributed by atoms with Gasteiger partial charge in [-0.2, -0.15) is 0 Å². The minimum atomic E-state index is -0.417. The molecule has 0 fully saturated rings. The highest BCUT2D eigenvalue weighted by Crippen LogP contribution is 2.35. The first kappa shape index (κ1) is 20.3. The molecule has 0 aromatic heterocycles. The van der Waals surface area contributed by atoms with E-state index < -0.39 is 6.03 Å². The first-order chi connectivity index (χ1) is 14.5. The molecule has 8 heteroatoms. The molecule has 3 aromatic rings. The molecule has 0 aliphatic carbocycles. The van der Waals surface area contributed by atoms with Crippen molar-refractivity contribution in [1.29, 1.82) is 0 Å². The number of halogens is 2. The van der Waals surface area contributed by atoms with E-state index in [0.29, 0.717) is 34.4 Å². The van der Waals surface area contributed by atoms with Crippen LogP contribution in [0, 0.1) is 0 Å². The molecule has 1 aliphatic heterocycles. The molecular weight excluding hydrogens is 470 g/mol. The molecule has 3 amide bonds. The van der Waals surface area contributed by atoms with Crippen molar-refractivity contribution in [3.8, 4) is 5.75 Å². The lowest BCUT2D eigenvalue weighted by Gasteiger charge is -2.30. The normalized spacial score (nSPS) is 12.7. The van der Waals surface area contributed by atoms with Gasteiger partial charge in [-0.15, -0.1) is 0 Å². The van der Waals surface area contributed by atoms with E-state index in [0.717, 1.165) is 10.0 Å². The topological polar surface area (TPSA) is 70.7 Å². The lowest BCUT2D eigenvalue weighted by Crippen LogP contribution is -2.38. The number of urea groups is 1. The number of hydrogen-bond acceptors (Lipinski definition) is 3. The third-order valence-electron chi connectivity index (χ3n) is 4.50. The van der Waals surface area contributed by atoms with Crippen LogP contribution in [0.1, 0.15) is 5.56 Å². The van der Waals surface area contributed by atoms with Crippen molar-refractivity contribution < 1.29 is 14.3 Å². The Balaban J connectivity index is 1.53. The molecule has 0 bridgehead atoms. The van der Waals surface area contributed by atoms with Gasteiger partial charge in [-0.1, -0.05) is 45.7 Å².